The van der Waals surface area contributed by atoms with Crippen LogP contribution in [0.1, 0.15) is 31.7 Å². The van der Waals surface area contributed by atoms with E-state index in [1.165, 1.54) is 6.07 Å². The van der Waals surface area contributed by atoms with Crippen LogP contribution in [0.15, 0.2) is 29.3 Å². The summed E-state index contributed by atoms with van der Waals surface area (Å²) in [5.74, 6) is 0.499. The molecule has 0 saturated heterocycles. The van der Waals surface area contributed by atoms with Crippen molar-refractivity contribution in [2.75, 3.05) is 19.6 Å². The second-order valence-electron chi connectivity index (χ2n) is 5.54. The van der Waals surface area contributed by atoms with Crippen LogP contribution in [0.4, 0.5) is 4.39 Å². The van der Waals surface area contributed by atoms with Crippen LogP contribution in [0.25, 0.3) is 0 Å². The Morgan fingerprint density at radius 2 is 2.05 bits per heavy atom. The number of hydrogen-bond acceptors (Lipinski definition) is 2. The number of nitrogens with zero attached hydrogens (tertiary/aromatic N) is 1. The van der Waals surface area contributed by atoms with Crippen molar-refractivity contribution in [1.82, 2.24) is 10.6 Å². The predicted molar refractivity (Wildman–Crippen MR) is 98.3 cm³/mol. The maximum atomic E-state index is 13.5. The molecular weight excluding hydrogens is 396 g/mol. The molecule has 0 bridgehead atoms. The minimum Gasteiger partial charge on any atom is -0.388 e. The van der Waals surface area contributed by atoms with Gasteiger partial charge in [0, 0.05) is 13.1 Å². The smallest absolute Gasteiger partial charge is 0.191 e. The van der Waals surface area contributed by atoms with Gasteiger partial charge < -0.3 is 15.7 Å². The van der Waals surface area contributed by atoms with Crippen molar-refractivity contribution in [3.63, 3.8) is 0 Å². The van der Waals surface area contributed by atoms with Gasteiger partial charge in [0.25, 0.3) is 0 Å². The Kier molecular flexibility index (Phi) is 8.09. The summed E-state index contributed by atoms with van der Waals surface area (Å²) in [6.45, 7) is 3.77. The summed E-state index contributed by atoms with van der Waals surface area (Å²) in [6.07, 6.45) is 3.32. The van der Waals surface area contributed by atoms with E-state index in [1.54, 1.807) is 12.1 Å². The Hall–Kier alpha value is -0.890. The molecule has 0 amide bonds. The molecule has 1 aromatic rings. The maximum absolute atomic E-state index is 13.5. The van der Waals surface area contributed by atoms with Gasteiger partial charge in [-0.2, -0.15) is 0 Å². The zero-order chi connectivity index (χ0) is 15.1. The molecule has 0 spiro atoms. The van der Waals surface area contributed by atoms with Gasteiger partial charge in [-0.3, -0.25) is 4.99 Å². The lowest BCUT2D eigenvalue weighted by molar-refractivity contribution is -0.0236. The Morgan fingerprint density at radius 1 is 1.32 bits per heavy atom. The third-order valence-corrected chi connectivity index (χ3v) is 3.80. The third-order valence-electron chi connectivity index (χ3n) is 3.80. The molecule has 0 aromatic heterocycles. The molecule has 124 valence electrons. The summed E-state index contributed by atoms with van der Waals surface area (Å²) in [6, 6.07) is 6.79. The number of halogens is 2. The lowest BCUT2D eigenvalue weighted by Gasteiger charge is -2.35. The molecule has 3 N–H and O–H groups in total. The van der Waals surface area contributed by atoms with Crippen molar-refractivity contribution in [3.8, 4) is 0 Å². The summed E-state index contributed by atoms with van der Waals surface area (Å²) in [4.78, 5) is 4.41. The van der Waals surface area contributed by atoms with Crippen LogP contribution in [0.3, 0.4) is 0 Å². The van der Waals surface area contributed by atoms with Gasteiger partial charge in [-0.15, -0.1) is 24.0 Å². The van der Waals surface area contributed by atoms with Gasteiger partial charge in [0.05, 0.1) is 12.1 Å². The van der Waals surface area contributed by atoms with Crippen molar-refractivity contribution in [2.45, 2.75) is 38.2 Å². The quantitative estimate of drug-likeness (QED) is 0.376. The topological polar surface area (TPSA) is 56.7 Å². The van der Waals surface area contributed by atoms with Crippen LogP contribution < -0.4 is 10.6 Å². The Morgan fingerprint density at radius 3 is 2.64 bits per heavy atom. The average Bonchev–Trinajstić information content (AvgIpc) is 2.45. The van der Waals surface area contributed by atoms with Crippen molar-refractivity contribution in [3.05, 3.63) is 35.6 Å². The molecule has 1 fully saturated rings. The highest BCUT2D eigenvalue weighted by molar-refractivity contribution is 14.0. The summed E-state index contributed by atoms with van der Waals surface area (Å²) in [7, 11) is 0. The number of aliphatic imine (C=N–C) groups is 1. The van der Waals surface area contributed by atoms with E-state index in [9.17, 15) is 9.50 Å². The first-order valence-electron chi connectivity index (χ1n) is 7.61. The fourth-order valence-electron chi connectivity index (χ4n) is 2.33. The largest absolute Gasteiger partial charge is 0.388 e. The van der Waals surface area contributed by atoms with Gasteiger partial charge in [0.15, 0.2) is 5.96 Å². The molecule has 1 aliphatic carbocycles. The molecule has 4 nitrogen and oxygen atoms in total. The molecule has 0 atom stereocenters. The number of hydrogen-bond donors (Lipinski definition) is 3. The van der Waals surface area contributed by atoms with E-state index in [1.807, 2.05) is 13.0 Å². The van der Waals surface area contributed by atoms with Crippen LogP contribution in [0.5, 0.6) is 0 Å². The van der Waals surface area contributed by atoms with E-state index in [-0.39, 0.29) is 29.8 Å². The highest BCUT2D eigenvalue weighted by atomic mass is 127. The molecule has 22 heavy (non-hydrogen) atoms. The van der Waals surface area contributed by atoms with Gasteiger partial charge >= 0.3 is 0 Å². The average molecular weight is 421 g/mol. The van der Waals surface area contributed by atoms with E-state index < -0.39 is 5.60 Å². The van der Waals surface area contributed by atoms with Crippen LogP contribution in [-0.2, 0) is 6.42 Å². The number of benzene rings is 1. The van der Waals surface area contributed by atoms with Gasteiger partial charge in [-0.1, -0.05) is 18.2 Å². The van der Waals surface area contributed by atoms with E-state index in [4.69, 9.17) is 0 Å². The minimum atomic E-state index is -0.617. The summed E-state index contributed by atoms with van der Waals surface area (Å²) in [5, 5.41) is 16.4. The molecule has 2 rings (SSSR count). The van der Waals surface area contributed by atoms with E-state index in [0.29, 0.717) is 31.0 Å². The van der Waals surface area contributed by atoms with Gasteiger partial charge in [0.1, 0.15) is 5.82 Å². The summed E-state index contributed by atoms with van der Waals surface area (Å²) in [5.41, 5.74) is 0.0759. The van der Waals surface area contributed by atoms with Crippen molar-refractivity contribution in [2.24, 2.45) is 4.99 Å². The van der Waals surface area contributed by atoms with Crippen LogP contribution in [0.2, 0.25) is 0 Å². The normalized spacial score (nSPS) is 16.4. The maximum Gasteiger partial charge on any atom is 0.191 e. The molecule has 0 radical (unpaired) electrons. The van der Waals surface area contributed by atoms with Crippen molar-refractivity contribution in [1.29, 1.82) is 0 Å². The lowest BCUT2D eigenvalue weighted by atomic mass is 9.80. The first-order valence-corrected chi connectivity index (χ1v) is 7.61. The van der Waals surface area contributed by atoms with Crippen LogP contribution >= 0.6 is 24.0 Å². The van der Waals surface area contributed by atoms with E-state index in [0.717, 1.165) is 25.8 Å². The van der Waals surface area contributed by atoms with Crippen molar-refractivity contribution < 1.29 is 9.50 Å². The third kappa shape index (κ3) is 5.72. The highest BCUT2D eigenvalue weighted by Crippen LogP contribution is 2.31. The monoisotopic (exact) mass is 421 g/mol. The summed E-state index contributed by atoms with van der Waals surface area (Å²) >= 11 is 0. The first-order chi connectivity index (χ1) is 10.1. The second kappa shape index (κ2) is 9.29. The molecule has 0 heterocycles. The standard InChI is InChI=1S/C16H24FN3O.HI/c1-2-18-15(20-12-16(21)9-5-10-16)19-11-8-13-6-3-4-7-14(13)17;/h3-4,6-7,21H,2,5,8-12H2,1H3,(H2,18,19,20);1H. The Labute approximate surface area is 148 Å². The fourth-order valence-corrected chi connectivity index (χ4v) is 2.33. The molecule has 1 saturated carbocycles. The zero-order valence-corrected chi connectivity index (χ0v) is 15.3. The summed E-state index contributed by atoms with van der Waals surface area (Å²) < 4.78 is 13.5. The second-order valence-corrected chi connectivity index (χ2v) is 5.54. The molecule has 1 aliphatic rings. The molecule has 0 aliphatic heterocycles. The lowest BCUT2D eigenvalue weighted by Crippen LogP contribution is -2.43. The Bertz CT molecular complexity index is 492. The zero-order valence-electron chi connectivity index (χ0n) is 12.9. The number of guanidine groups is 1. The highest BCUT2D eigenvalue weighted by Gasteiger charge is 2.34. The van der Waals surface area contributed by atoms with Crippen molar-refractivity contribution >= 4 is 29.9 Å². The SMILES string of the molecule is CCNC(=NCC1(O)CCC1)NCCc1ccccc1F.I. The molecular formula is C16H25FIN3O. The van der Waals surface area contributed by atoms with E-state index >= 15 is 0 Å². The number of nitrogens with one attached hydrogen (secondary N) is 2. The number of aliphatic hydroxyl groups is 1. The molecule has 0 unspecified atom stereocenters. The fraction of sp³-hybridized carbons (Fsp3) is 0.562. The molecule has 1 aromatic carbocycles. The van der Waals surface area contributed by atoms with Gasteiger partial charge in [-0.25, -0.2) is 4.39 Å². The van der Waals surface area contributed by atoms with Gasteiger partial charge in [0.2, 0.25) is 0 Å². The van der Waals surface area contributed by atoms with E-state index in [2.05, 4.69) is 15.6 Å². The van der Waals surface area contributed by atoms with Gasteiger partial charge in [-0.05, 0) is 44.2 Å². The van der Waals surface area contributed by atoms with Crippen LogP contribution in [-0.4, -0.2) is 36.3 Å². The first kappa shape index (κ1) is 19.2. The van der Waals surface area contributed by atoms with Crippen LogP contribution in [0, 0.1) is 5.82 Å². The molecule has 6 heteroatoms. The predicted octanol–water partition coefficient (Wildman–Crippen LogP) is 2.46. The Balaban J connectivity index is 0.00000242. The minimum absolute atomic E-state index is 0. The number of rotatable bonds is 6.